The Morgan fingerprint density at radius 2 is 1.61 bits per heavy atom. The number of aromatic nitrogens is 2. The number of rotatable bonds is 6. The van der Waals surface area contributed by atoms with Gasteiger partial charge in [0.15, 0.2) is 11.2 Å². The molecule has 1 aromatic heterocycles. The van der Waals surface area contributed by atoms with Gasteiger partial charge in [0.05, 0.1) is 32.8 Å². The molecule has 0 radical (unpaired) electrons. The van der Waals surface area contributed by atoms with E-state index in [1.54, 1.807) is 31.4 Å². The van der Waals surface area contributed by atoms with Crippen LogP contribution >= 0.6 is 0 Å². The second-order valence-electron chi connectivity index (χ2n) is 9.37. The molecule has 4 N–H and O–H groups in total. The Morgan fingerprint density at radius 3 is 2.21 bits per heavy atom. The molecule has 4 aromatic rings. The van der Waals surface area contributed by atoms with Crippen molar-refractivity contribution in [2.45, 2.75) is 29.1 Å². The smallest absolute Gasteiger partial charge is 0.312 e. The second-order valence-corrected chi connectivity index (χ2v) is 9.37. The summed E-state index contributed by atoms with van der Waals surface area (Å²) in [6, 6.07) is 19.8. The van der Waals surface area contributed by atoms with Gasteiger partial charge >= 0.3 is 6.01 Å². The van der Waals surface area contributed by atoms with Gasteiger partial charge in [-0.15, -0.1) is 5.10 Å². The summed E-state index contributed by atoms with van der Waals surface area (Å²) >= 11 is 0. The van der Waals surface area contributed by atoms with Gasteiger partial charge in [0.25, 0.3) is 0 Å². The maximum Gasteiger partial charge on any atom is 0.312 e. The molecule has 38 heavy (non-hydrogen) atoms. The van der Waals surface area contributed by atoms with E-state index >= 15 is 0 Å². The minimum Gasteiger partial charge on any atom is -0.497 e. The standard InChI is InChI=1S/C28H27N3O7/c1-34-17-11-9-16(10-12-17)28-22(15-7-5-4-6-8-15)21(25-30-31-26(29)37-25)24(32)27(28,33)23-19(36-3)13-18(35-2)14-20(23)38-28/h4-14,21-22,24,32-33H,1-3H3,(H2,29,31). The van der Waals surface area contributed by atoms with Crippen molar-refractivity contribution >= 4 is 6.01 Å². The molecule has 6 rings (SSSR count). The van der Waals surface area contributed by atoms with E-state index in [-0.39, 0.29) is 11.9 Å². The van der Waals surface area contributed by atoms with Crippen LogP contribution in [0.15, 0.2) is 71.1 Å². The van der Waals surface area contributed by atoms with Gasteiger partial charge in [-0.1, -0.05) is 47.6 Å². The van der Waals surface area contributed by atoms with Gasteiger partial charge in [0.1, 0.15) is 29.1 Å². The highest BCUT2D eigenvalue weighted by atomic mass is 16.5. The molecular formula is C28H27N3O7. The van der Waals surface area contributed by atoms with Crippen molar-refractivity contribution in [3.05, 3.63) is 89.3 Å². The third-order valence-electron chi connectivity index (χ3n) is 7.70. The lowest BCUT2D eigenvalue weighted by atomic mass is 9.70. The minimum atomic E-state index is -2.02. The number of anilines is 1. The zero-order valence-electron chi connectivity index (χ0n) is 21.0. The molecule has 196 valence electrons. The molecule has 0 bridgehead atoms. The molecule has 10 heteroatoms. The Balaban J connectivity index is 1.71. The normalized spacial score (nSPS) is 27.3. The lowest BCUT2D eigenvalue weighted by Gasteiger charge is -2.40. The van der Waals surface area contributed by atoms with Gasteiger partial charge < -0.3 is 39.3 Å². The molecule has 3 aromatic carbocycles. The van der Waals surface area contributed by atoms with Crippen LogP contribution in [0.2, 0.25) is 0 Å². The van der Waals surface area contributed by atoms with Gasteiger partial charge in [0, 0.05) is 18.1 Å². The van der Waals surface area contributed by atoms with E-state index in [0.29, 0.717) is 34.1 Å². The summed E-state index contributed by atoms with van der Waals surface area (Å²) in [5.41, 5.74) is 3.87. The van der Waals surface area contributed by atoms with Crippen molar-refractivity contribution < 1.29 is 33.6 Å². The zero-order chi connectivity index (χ0) is 26.7. The number of benzene rings is 3. The van der Waals surface area contributed by atoms with Crippen molar-refractivity contribution in [2.75, 3.05) is 27.1 Å². The maximum absolute atomic E-state index is 12.9. The van der Waals surface area contributed by atoms with Crippen LogP contribution in [0.3, 0.4) is 0 Å². The highest BCUT2D eigenvalue weighted by molar-refractivity contribution is 5.63. The van der Waals surface area contributed by atoms with E-state index in [1.807, 2.05) is 42.5 Å². The molecule has 1 fully saturated rings. The number of methoxy groups -OCH3 is 3. The second kappa shape index (κ2) is 8.64. The van der Waals surface area contributed by atoms with E-state index in [4.69, 9.17) is 29.1 Å². The molecule has 5 unspecified atom stereocenters. The van der Waals surface area contributed by atoms with Crippen LogP contribution in [0.1, 0.15) is 34.4 Å². The molecule has 1 saturated carbocycles. The number of nitrogens with zero attached hydrogens (tertiary/aromatic N) is 2. The summed E-state index contributed by atoms with van der Waals surface area (Å²) in [6.45, 7) is 0. The fourth-order valence-corrected chi connectivity index (χ4v) is 6.16. The average Bonchev–Trinajstić information content (AvgIpc) is 3.55. The number of aliphatic hydroxyl groups is 2. The Labute approximate surface area is 218 Å². The van der Waals surface area contributed by atoms with Crippen LogP contribution in [-0.4, -0.2) is 47.8 Å². The fourth-order valence-electron chi connectivity index (χ4n) is 6.16. The maximum atomic E-state index is 12.9. The Bertz CT molecular complexity index is 1480. The summed E-state index contributed by atoms with van der Waals surface area (Å²) < 4.78 is 29.0. The number of nitrogens with two attached hydrogens (primary N) is 1. The van der Waals surface area contributed by atoms with Crippen LogP contribution in [0.25, 0.3) is 0 Å². The lowest BCUT2D eigenvalue weighted by Crippen LogP contribution is -2.52. The Morgan fingerprint density at radius 1 is 0.895 bits per heavy atom. The van der Waals surface area contributed by atoms with E-state index in [1.165, 1.54) is 14.2 Å². The fraction of sp³-hybridized carbons (Fsp3) is 0.286. The summed E-state index contributed by atoms with van der Waals surface area (Å²) in [5, 5.41) is 33.0. The van der Waals surface area contributed by atoms with Gasteiger partial charge in [-0.3, -0.25) is 0 Å². The largest absolute Gasteiger partial charge is 0.497 e. The van der Waals surface area contributed by atoms with Gasteiger partial charge in [-0.25, -0.2) is 0 Å². The predicted octanol–water partition coefficient (Wildman–Crippen LogP) is 3.10. The van der Waals surface area contributed by atoms with Crippen LogP contribution in [0.4, 0.5) is 6.01 Å². The van der Waals surface area contributed by atoms with Crippen molar-refractivity contribution in [1.29, 1.82) is 0 Å². The summed E-state index contributed by atoms with van der Waals surface area (Å²) in [7, 11) is 4.59. The first kappa shape index (κ1) is 24.1. The molecule has 0 amide bonds. The van der Waals surface area contributed by atoms with Crippen molar-refractivity contribution in [1.82, 2.24) is 10.2 Å². The monoisotopic (exact) mass is 517 g/mol. The molecule has 0 spiro atoms. The molecule has 0 saturated heterocycles. The van der Waals surface area contributed by atoms with Gasteiger partial charge in [-0.2, -0.15) is 0 Å². The SMILES string of the molecule is COc1ccc(C23Oc4cc(OC)cc(OC)c4C2(O)C(O)C(c2nnc(N)o2)C3c2ccccc2)cc1. The first-order valence-electron chi connectivity index (χ1n) is 12.0. The van der Waals surface area contributed by atoms with Crippen molar-refractivity contribution in [2.24, 2.45) is 0 Å². The quantitative estimate of drug-likeness (QED) is 0.349. The molecule has 2 aliphatic rings. The van der Waals surface area contributed by atoms with E-state index in [0.717, 1.165) is 5.56 Å². The van der Waals surface area contributed by atoms with E-state index < -0.39 is 29.1 Å². The number of fused-ring (bicyclic) bond motifs is 3. The lowest BCUT2D eigenvalue weighted by molar-refractivity contribution is -0.151. The van der Waals surface area contributed by atoms with Gasteiger partial charge in [0.2, 0.25) is 5.89 Å². The van der Waals surface area contributed by atoms with E-state index in [2.05, 4.69) is 10.2 Å². The molecule has 5 atom stereocenters. The summed E-state index contributed by atoms with van der Waals surface area (Å²) in [4.78, 5) is 0. The van der Waals surface area contributed by atoms with Crippen LogP contribution in [-0.2, 0) is 11.2 Å². The number of hydrogen-bond acceptors (Lipinski definition) is 10. The number of nitrogen functional groups attached to an aromatic ring is 1. The Hall–Kier alpha value is -4.28. The highest BCUT2D eigenvalue weighted by Crippen LogP contribution is 2.72. The van der Waals surface area contributed by atoms with Crippen LogP contribution in [0, 0.1) is 0 Å². The average molecular weight is 518 g/mol. The molecule has 10 nitrogen and oxygen atoms in total. The molecule has 1 aliphatic carbocycles. The minimum absolute atomic E-state index is 0.0807. The third kappa shape index (κ3) is 3.07. The van der Waals surface area contributed by atoms with Crippen molar-refractivity contribution in [3.63, 3.8) is 0 Å². The zero-order valence-corrected chi connectivity index (χ0v) is 21.0. The highest BCUT2D eigenvalue weighted by Gasteiger charge is 2.78. The van der Waals surface area contributed by atoms with Crippen LogP contribution in [0.5, 0.6) is 23.0 Å². The van der Waals surface area contributed by atoms with Crippen LogP contribution < -0.4 is 24.7 Å². The summed E-state index contributed by atoms with van der Waals surface area (Å²) in [5.74, 6) is 0.198. The molecule has 2 heterocycles. The third-order valence-corrected chi connectivity index (χ3v) is 7.70. The number of hydrogen-bond donors (Lipinski definition) is 3. The molecule has 1 aliphatic heterocycles. The summed E-state index contributed by atoms with van der Waals surface area (Å²) in [6.07, 6.45) is -1.47. The number of aliphatic hydroxyl groups excluding tert-OH is 1. The predicted molar refractivity (Wildman–Crippen MR) is 135 cm³/mol. The van der Waals surface area contributed by atoms with Crippen molar-refractivity contribution in [3.8, 4) is 23.0 Å². The first-order valence-corrected chi connectivity index (χ1v) is 12.0. The van der Waals surface area contributed by atoms with E-state index in [9.17, 15) is 10.2 Å². The number of ether oxygens (including phenoxy) is 4. The Kier molecular flexibility index (Phi) is 5.48. The molecular weight excluding hydrogens is 490 g/mol. The first-order chi connectivity index (χ1) is 18.4. The topological polar surface area (TPSA) is 142 Å². The van der Waals surface area contributed by atoms with Gasteiger partial charge in [-0.05, 0) is 23.3 Å².